The van der Waals surface area contributed by atoms with Crippen molar-refractivity contribution in [3.63, 3.8) is 0 Å². The summed E-state index contributed by atoms with van der Waals surface area (Å²) < 4.78 is 21.6. The smallest absolute Gasteiger partial charge is 0.333 e. The Morgan fingerprint density at radius 2 is 1.75 bits per heavy atom. The fourth-order valence-electron chi connectivity index (χ4n) is 1.82. The molecule has 114 valence electrons. The van der Waals surface area contributed by atoms with Gasteiger partial charge in [0.1, 0.15) is 6.61 Å². The van der Waals surface area contributed by atoms with Crippen molar-refractivity contribution >= 4 is 11.9 Å². The lowest BCUT2D eigenvalue weighted by Crippen LogP contribution is -2.47. The molecule has 6 heteroatoms. The van der Waals surface area contributed by atoms with E-state index in [1.165, 1.54) is 13.8 Å². The highest BCUT2D eigenvalue weighted by Gasteiger charge is 2.48. The molecule has 0 aromatic carbocycles. The van der Waals surface area contributed by atoms with E-state index in [1.54, 1.807) is 6.92 Å². The van der Waals surface area contributed by atoms with E-state index in [0.29, 0.717) is 0 Å². The first-order chi connectivity index (χ1) is 9.15. The first-order valence-electron chi connectivity index (χ1n) is 6.51. The number of carbonyl (C=O) groups excluding carboxylic acids is 2. The molecule has 0 amide bonds. The summed E-state index contributed by atoms with van der Waals surface area (Å²) in [4.78, 5) is 22.6. The molecule has 1 fully saturated rings. The second-order valence-electron chi connectivity index (χ2n) is 5.14. The zero-order valence-corrected chi connectivity index (χ0v) is 12.6. The van der Waals surface area contributed by atoms with Crippen LogP contribution in [0.3, 0.4) is 0 Å². The van der Waals surface area contributed by atoms with Gasteiger partial charge in [0, 0.05) is 12.5 Å². The van der Waals surface area contributed by atoms with Crippen LogP contribution in [0.1, 0.15) is 34.6 Å². The maximum absolute atomic E-state index is 11.7. The molecule has 3 atom stereocenters. The lowest BCUT2D eigenvalue weighted by atomic mass is 10.1. The lowest BCUT2D eigenvalue weighted by Gasteiger charge is -2.31. The monoisotopic (exact) mass is 286 g/mol. The van der Waals surface area contributed by atoms with E-state index < -0.39 is 23.8 Å². The van der Waals surface area contributed by atoms with E-state index in [9.17, 15) is 9.59 Å². The molecule has 0 N–H and O–H groups in total. The largest absolute Gasteiger partial charge is 0.462 e. The molecule has 6 nitrogen and oxygen atoms in total. The highest BCUT2D eigenvalue weighted by molar-refractivity contribution is 5.87. The molecule has 1 rings (SSSR count). The summed E-state index contributed by atoms with van der Waals surface area (Å²) in [6.07, 6.45) is -1.16. The van der Waals surface area contributed by atoms with Gasteiger partial charge in [0.2, 0.25) is 5.79 Å². The Balaban J connectivity index is 2.83. The van der Waals surface area contributed by atoms with Crippen LogP contribution >= 0.6 is 0 Å². The molecule has 0 aliphatic carbocycles. The molecule has 20 heavy (non-hydrogen) atoms. The van der Waals surface area contributed by atoms with Gasteiger partial charge >= 0.3 is 11.9 Å². The van der Waals surface area contributed by atoms with E-state index in [0.717, 1.165) is 0 Å². The second-order valence-corrected chi connectivity index (χ2v) is 5.14. The fraction of sp³-hybridized carbons (Fsp3) is 0.714. The van der Waals surface area contributed by atoms with E-state index in [2.05, 4.69) is 6.58 Å². The minimum atomic E-state index is -1.15. The van der Waals surface area contributed by atoms with Crippen molar-refractivity contribution in [1.29, 1.82) is 0 Å². The van der Waals surface area contributed by atoms with Crippen LogP contribution in [0, 0.1) is 0 Å². The fourth-order valence-corrected chi connectivity index (χ4v) is 1.82. The highest BCUT2D eigenvalue weighted by atomic mass is 16.8. The average Bonchev–Trinajstić information content (AvgIpc) is 2.58. The molecule has 0 aromatic heterocycles. The van der Waals surface area contributed by atoms with Crippen molar-refractivity contribution in [3.05, 3.63) is 12.2 Å². The molecule has 1 aliphatic heterocycles. The third-order valence-electron chi connectivity index (χ3n) is 3.12. The van der Waals surface area contributed by atoms with Gasteiger partial charge in [0.15, 0.2) is 6.10 Å². The van der Waals surface area contributed by atoms with Gasteiger partial charge in [-0.3, -0.25) is 4.79 Å². The van der Waals surface area contributed by atoms with Crippen LogP contribution in [-0.4, -0.2) is 42.6 Å². The number of esters is 2. The minimum absolute atomic E-state index is 0.135. The third-order valence-corrected chi connectivity index (χ3v) is 3.12. The van der Waals surface area contributed by atoms with Crippen LogP contribution in [0.25, 0.3) is 0 Å². The van der Waals surface area contributed by atoms with E-state index in [4.69, 9.17) is 18.9 Å². The molecular formula is C14H22O6. The summed E-state index contributed by atoms with van der Waals surface area (Å²) in [6, 6.07) is 0. The molecule has 1 heterocycles. The van der Waals surface area contributed by atoms with Crippen LogP contribution < -0.4 is 0 Å². The Bertz CT molecular complexity index is 392. The normalized spacial score (nSPS) is 30.6. The van der Waals surface area contributed by atoms with Gasteiger partial charge in [-0.05, 0) is 27.7 Å². The zero-order chi connectivity index (χ0) is 15.5. The van der Waals surface area contributed by atoms with Crippen LogP contribution in [-0.2, 0) is 28.5 Å². The maximum Gasteiger partial charge on any atom is 0.333 e. The molecule has 0 spiro atoms. The molecule has 0 bridgehead atoms. The first-order valence-corrected chi connectivity index (χ1v) is 6.51. The summed E-state index contributed by atoms with van der Waals surface area (Å²) >= 11 is 0. The summed E-state index contributed by atoms with van der Waals surface area (Å²) in [5.41, 5.74) is 0.250. The molecule has 0 radical (unpaired) electrons. The van der Waals surface area contributed by atoms with Gasteiger partial charge in [-0.1, -0.05) is 6.58 Å². The molecule has 3 unspecified atom stereocenters. The van der Waals surface area contributed by atoms with Gasteiger partial charge in [-0.15, -0.1) is 0 Å². The number of carbonyl (C=O) groups is 2. The van der Waals surface area contributed by atoms with Gasteiger partial charge in [-0.2, -0.15) is 0 Å². The van der Waals surface area contributed by atoms with Gasteiger partial charge in [-0.25, -0.2) is 4.79 Å². The summed E-state index contributed by atoms with van der Waals surface area (Å²) in [5.74, 6) is -2.20. The van der Waals surface area contributed by atoms with Crippen molar-refractivity contribution in [3.8, 4) is 0 Å². The summed E-state index contributed by atoms with van der Waals surface area (Å²) in [5, 5.41) is 0. The molecule has 0 saturated carbocycles. The Kier molecular flexibility index (Phi) is 5.30. The Morgan fingerprint density at radius 1 is 1.25 bits per heavy atom. The minimum Gasteiger partial charge on any atom is -0.462 e. The van der Waals surface area contributed by atoms with Crippen LogP contribution in [0.5, 0.6) is 0 Å². The van der Waals surface area contributed by atoms with Crippen molar-refractivity contribution in [1.82, 2.24) is 0 Å². The summed E-state index contributed by atoms with van der Waals surface area (Å²) in [7, 11) is 0. The van der Waals surface area contributed by atoms with E-state index in [1.807, 2.05) is 13.8 Å². The lowest BCUT2D eigenvalue weighted by molar-refractivity contribution is -0.239. The zero-order valence-electron chi connectivity index (χ0n) is 12.6. The van der Waals surface area contributed by atoms with Gasteiger partial charge in [0.25, 0.3) is 0 Å². The maximum atomic E-state index is 11.7. The summed E-state index contributed by atoms with van der Waals surface area (Å²) in [6.45, 7) is 11.6. The van der Waals surface area contributed by atoms with E-state index >= 15 is 0 Å². The number of hydrogen-bond acceptors (Lipinski definition) is 6. The quantitative estimate of drug-likeness (QED) is 0.564. The first kappa shape index (κ1) is 16.7. The number of ether oxygens (including phenoxy) is 4. The Hall–Kier alpha value is -1.40. The third kappa shape index (κ3) is 4.05. The standard InChI is InChI=1S/C14H22O6/c1-8(2)13(16)18-12(7-17-11(5)15)14(6)19-9(3)10(4)20-14/h9-10,12H,1,7H2,2-6H3. The van der Waals surface area contributed by atoms with E-state index in [-0.39, 0.29) is 24.4 Å². The van der Waals surface area contributed by atoms with Crippen molar-refractivity contribution < 1.29 is 28.5 Å². The SMILES string of the molecule is C=C(C)C(=O)OC(COC(C)=O)C1(C)OC(C)C(C)O1. The molecular weight excluding hydrogens is 264 g/mol. The topological polar surface area (TPSA) is 71.1 Å². The van der Waals surface area contributed by atoms with Gasteiger partial charge < -0.3 is 18.9 Å². The van der Waals surface area contributed by atoms with Crippen molar-refractivity contribution in [2.24, 2.45) is 0 Å². The van der Waals surface area contributed by atoms with Crippen molar-refractivity contribution in [2.45, 2.75) is 58.7 Å². The Labute approximate surface area is 119 Å². The predicted octanol–water partition coefficient (Wildman–Crippen LogP) is 1.58. The van der Waals surface area contributed by atoms with Crippen LogP contribution in [0.2, 0.25) is 0 Å². The predicted molar refractivity (Wildman–Crippen MR) is 70.8 cm³/mol. The number of hydrogen-bond donors (Lipinski definition) is 0. The molecule has 1 aliphatic rings. The average molecular weight is 286 g/mol. The molecule has 1 saturated heterocycles. The Morgan fingerprint density at radius 3 is 2.15 bits per heavy atom. The highest BCUT2D eigenvalue weighted by Crippen LogP contribution is 2.33. The second kappa shape index (κ2) is 6.37. The van der Waals surface area contributed by atoms with Gasteiger partial charge in [0.05, 0.1) is 12.2 Å². The number of rotatable bonds is 5. The van der Waals surface area contributed by atoms with Crippen molar-refractivity contribution in [2.75, 3.05) is 6.61 Å². The molecule has 0 aromatic rings. The van der Waals surface area contributed by atoms with Crippen LogP contribution in [0.15, 0.2) is 12.2 Å². The van der Waals surface area contributed by atoms with Crippen LogP contribution in [0.4, 0.5) is 0 Å².